The van der Waals surface area contributed by atoms with Crippen LogP contribution in [-0.4, -0.2) is 6.21 Å². The molecule has 0 heterocycles. The smallest absolute Gasteiger partial charge is 0.0246 e. The average molecular weight is 112 g/mol. The molecule has 46 valence electrons. The zero-order valence-corrected chi connectivity index (χ0v) is 5.22. The van der Waals surface area contributed by atoms with Gasteiger partial charge < -0.3 is 0 Å². The molecule has 0 aromatic carbocycles. The van der Waals surface area contributed by atoms with Crippen LogP contribution in [0.15, 0.2) is 17.9 Å². The van der Waals surface area contributed by atoms with E-state index in [0.29, 0.717) is 0 Å². The van der Waals surface area contributed by atoms with Gasteiger partial charge in [-0.3, -0.25) is 5.43 Å². The van der Waals surface area contributed by atoms with E-state index in [1.165, 1.54) is 0 Å². The van der Waals surface area contributed by atoms with E-state index in [9.17, 15) is 0 Å². The second-order valence-corrected chi connectivity index (χ2v) is 1.43. The van der Waals surface area contributed by atoms with Crippen molar-refractivity contribution in [1.82, 2.24) is 5.43 Å². The molecule has 0 aliphatic carbocycles. The van der Waals surface area contributed by atoms with Gasteiger partial charge in [-0.2, -0.15) is 5.10 Å². The molecule has 0 saturated carbocycles. The van der Waals surface area contributed by atoms with E-state index in [-0.39, 0.29) is 0 Å². The van der Waals surface area contributed by atoms with E-state index < -0.39 is 0 Å². The highest BCUT2D eigenvalue weighted by molar-refractivity contribution is 5.56. The Bertz CT molecular complexity index is 76.6. The molecule has 0 radical (unpaired) electrons. The predicted octanol–water partition coefficient (Wildman–Crippen LogP) is 1.51. The van der Waals surface area contributed by atoms with Crippen molar-refractivity contribution in [3.8, 4) is 0 Å². The van der Waals surface area contributed by atoms with E-state index in [2.05, 4.69) is 24.0 Å². The first-order chi connectivity index (χ1) is 3.91. The topological polar surface area (TPSA) is 24.4 Å². The number of rotatable bonds is 4. The van der Waals surface area contributed by atoms with Crippen LogP contribution in [0.1, 0.15) is 19.8 Å². The summed E-state index contributed by atoms with van der Waals surface area (Å²) in [7, 11) is 0. The Hall–Kier alpha value is -0.790. The molecule has 0 aliphatic rings. The molecule has 0 rings (SSSR count). The molecule has 0 spiro atoms. The fourth-order valence-corrected chi connectivity index (χ4v) is 0.299. The molecule has 2 heteroatoms. The summed E-state index contributed by atoms with van der Waals surface area (Å²) < 4.78 is 0. The minimum absolute atomic E-state index is 1.03. The molecule has 0 unspecified atom stereocenters. The van der Waals surface area contributed by atoms with Crippen molar-refractivity contribution >= 4 is 6.21 Å². The van der Waals surface area contributed by atoms with Gasteiger partial charge in [0.05, 0.1) is 0 Å². The summed E-state index contributed by atoms with van der Waals surface area (Å²) in [4.78, 5) is 0. The lowest BCUT2D eigenvalue weighted by Gasteiger charge is -1.84. The highest BCUT2D eigenvalue weighted by Crippen LogP contribution is 1.78. The molecule has 0 saturated heterocycles. The maximum atomic E-state index is 3.79. The summed E-state index contributed by atoms with van der Waals surface area (Å²) >= 11 is 0. The minimum atomic E-state index is 1.03. The molecule has 0 aromatic heterocycles. The van der Waals surface area contributed by atoms with E-state index in [1.807, 2.05) is 6.21 Å². The zero-order chi connectivity index (χ0) is 6.24. The van der Waals surface area contributed by atoms with Crippen LogP contribution in [-0.2, 0) is 0 Å². The Kier molecular flexibility index (Phi) is 5.60. The minimum Gasteiger partial charge on any atom is -0.287 e. The summed E-state index contributed by atoms with van der Waals surface area (Å²) in [5, 5.41) is 3.79. The summed E-state index contributed by atoms with van der Waals surface area (Å²) in [5.41, 5.74) is 2.62. The van der Waals surface area contributed by atoms with Gasteiger partial charge in [-0.15, -0.1) is 0 Å². The molecule has 0 aromatic rings. The van der Waals surface area contributed by atoms with Gasteiger partial charge in [-0.1, -0.05) is 19.9 Å². The van der Waals surface area contributed by atoms with Crippen LogP contribution in [0.4, 0.5) is 0 Å². The van der Waals surface area contributed by atoms with Gasteiger partial charge in [0.15, 0.2) is 0 Å². The number of nitrogens with one attached hydrogen (secondary N) is 1. The Morgan fingerprint density at radius 3 is 3.00 bits per heavy atom. The molecule has 8 heavy (non-hydrogen) atoms. The third-order valence-corrected chi connectivity index (χ3v) is 0.675. The Morgan fingerprint density at radius 1 is 1.75 bits per heavy atom. The standard InChI is InChI=1S/C6H12N2/c1-3-5-6-8-7-4-2/h4,6-7H,2-3,5H2,1H3/b8-6-. The molecule has 0 atom stereocenters. The number of unbranched alkanes of at least 4 members (excludes halogenated alkanes) is 1. The lowest BCUT2D eigenvalue weighted by Crippen LogP contribution is -1.91. The molecule has 0 aliphatic heterocycles. The third kappa shape index (κ3) is 5.21. The van der Waals surface area contributed by atoms with Crippen molar-refractivity contribution in [2.75, 3.05) is 0 Å². The van der Waals surface area contributed by atoms with E-state index in [4.69, 9.17) is 0 Å². The van der Waals surface area contributed by atoms with Crippen LogP contribution in [0.5, 0.6) is 0 Å². The monoisotopic (exact) mass is 112 g/mol. The summed E-state index contributed by atoms with van der Waals surface area (Å²) in [6.07, 6.45) is 5.55. The molecule has 0 bridgehead atoms. The van der Waals surface area contributed by atoms with Crippen molar-refractivity contribution in [1.29, 1.82) is 0 Å². The van der Waals surface area contributed by atoms with E-state index in [1.54, 1.807) is 6.20 Å². The van der Waals surface area contributed by atoms with Gasteiger partial charge in [-0.25, -0.2) is 0 Å². The maximum Gasteiger partial charge on any atom is 0.0246 e. The maximum absolute atomic E-state index is 3.79. The highest BCUT2D eigenvalue weighted by Gasteiger charge is 1.69. The molecular formula is C6H12N2. The van der Waals surface area contributed by atoms with Gasteiger partial charge in [-0.05, 0) is 6.42 Å². The summed E-state index contributed by atoms with van der Waals surface area (Å²) in [6.45, 7) is 5.54. The van der Waals surface area contributed by atoms with Crippen LogP contribution < -0.4 is 5.43 Å². The lowest BCUT2D eigenvalue weighted by molar-refractivity contribution is 0.942. The Morgan fingerprint density at radius 2 is 2.50 bits per heavy atom. The summed E-state index contributed by atoms with van der Waals surface area (Å²) in [6, 6.07) is 0. The normalized spacial score (nSPS) is 9.62. The Balaban J connectivity index is 2.94. The quantitative estimate of drug-likeness (QED) is 0.432. The lowest BCUT2D eigenvalue weighted by atomic mass is 10.4. The highest BCUT2D eigenvalue weighted by atomic mass is 15.3. The predicted molar refractivity (Wildman–Crippen MR) is 36.7 cm³/mol. The van der Waals surface area contributed by atoms with Crippen molar-refractivity contribution in [3.63, 3.8) is 0 Å². The first-order valence-electron chi connectivity index (χ1n) is 2.79. The van der Waals surface area contributed by atoms with Crippen molar-refractivity contribution < 1.29 is 0 Å². The van der Waals surface area contributed by atoms with Crippen LogP contribution in [0.25, 0.3) is 0 Å². The number of hydrogen-bond donors (Lipinski definition) is 1. The van der Waals surface area contributed by atoms with Gasteiger partial charge in [0, 0.05) is 12.4 Å². The van der Waals surface area contributed by atoms with E-state index in [0.717, 1.165) is 12.8 Å². The fourth-order valence-electron chi connectivity index (χ4n) is 0.299. The fraction of sp³-hybridized carbons (Fsp3) is 0.500. The summed E-state index contributed by atoms with van der Waals surface area (Å²) in [5.74, 6) is 0. The number of hydrogen-bond acceptors (Lipinski definition) is 2. The van der Waals surface area contributed by atoms with Gasteiger partial charge >= 0.3 is 0 Å². The average Bonchev–Trinajstić information content (AvgIpc) is 1.81. The van der Waals surface area contributed by atoms with Crippen molar-refractivity contribution in [2.45, 2.75) is 19.8 Å². The first-order valence-corrected chi connectivity index (χ1v) is 2.79. The largest absolute Gasteiger partial charge is 0.287 e. The second-order valence-electron chi connectivity index (χ2n) is 1.43. The van der Waals surface area contributed by atoms with Crippen LogP contribution in [0, 0.1) is 0 Å². The molecule has 0 fully saturated rings. The van der Waals surface area contributed by atoms with Crippen molar-refractivity contribution in [2.24, 2.45) is 5.10 Å². The van der Waals surface area contributed by atoms with Crippen LogP contribution in [0.3, 0.4) is 0 Å². The van der Waals surface area contributed by atoms with Crippen LogP contribution in [0.2, 0.25) is 0 Å². The third-order valence-electron chi connectivity index (χ3n) is 0.675. The van der Waals surface area contributed by atoms with Gasteiger partial charge in [0.25, 0.3) is 0 Å². The molecule has 0 amide bonds. The Labute approximate surface area is 50.3 Å². The SMILES string of the molecule is C=CN/N=C\CCC. The van der Waals surface area contributed by atoms with Crippen LogP contribution >= 0.6 is 0 Å². The zero-order valence-electron chi connectivity index (χ0n) is 5.22. The molecule has 1 N–H and O–H groups in total. The number of hydrazone groups is 1. The first kappa shape index (κ1) is 7.21. The van der Waals surface area contributed by atoms with Crippen molar-refractivity contribution in [3.05, 3.63) is 12.8 Å². The molecular weight excluding hydrogens is 100 g/mol. The number of nitrogens with zero attached hydrogens (tertiary/aromatic N) is 1. The molecule has 2 nitrogen and oxygen atoms in total. The second kappa shape index (κ2) is 6.21. The van der Waals surface area contributed by atoms with Gasteiger partial charge in [0.2, 0.25) is 0 Å². The van der Waals surface area contributed by atoms with Gasteiger partial charge in [0.1, 0.15) is 0 Å². The van der Waals surface area contributed by atoms with E-state index >= 15 is 0 Å².